The predicted octanol–water partition coefficient (Wildman–Crippen LogP) is 4.51. The number of anilines is 1. The predicted molar refractivity (Wildman–Crippen MR) is 128 cm³/mol. The number of carbonyl (C=O) groups excluding carboxylic acids is 3. The topological polar surface area (TPSA) is 75.7 Å². The van der Waals surface area contributed by atoms with Crippen molar-refractivity contribution in [2.75, 3.05) is 12.0 Å². The summed E-state index contributed by atoms with van der Waals surface area (Å²) in [6, 6.07) is 21.7. The van der Waals surface area contributed by atoms with Crippen LogP contribution in [0.5, 0.6) is 0 Å². The van der Waals surface area contributed by atoms with E-state index in [-0.39, 0.29) is 0 Å². The minimum atomic E-state index is -1.57. The van der Waals surface area contributed by atoms with Crippen molar-refractivity contribution in [1.82, 2.24) is 5.32 Å². The van der Waals surface area contributed by atoms with Gasteiger partial charge >= 0.3 is 5.97 Å². The van der Waals surface area contributed by atoms with Crippen molar-refractivity contribution < 1.29 is 19.1 Å². The molecule has 6 nitrogen and oxygen atoms in total. The highest BCUT2D eigenvalue weighted by molar-refractivity contribution is 6.31. The minimum absolute atomic E-state index is 0.394. The molecule has 34 heavy (non-hydrogen) atoms. The molecule has 3 aromatic carbocycles. The molecule has 172 valence electrons. The van der Waals surface area contributed by atoms with E-state index in [1.54, 1.807) is 66.7 Å². The van der Waals surface area contributed by atoms with Crippen LogP contribution in [0.4, 0.5) is 5.69 Å². The third kappa shape index (κ3) is 3.33. The highest BCUT2D eigenvalue weighted by Crippen LogP contribution is 2.54. The number of hydrogen-bond acceptors (Lipinski definition) is 5. The molecule has 5 rings (SSSR count). The third-order valence-electron chi connectivity index (χ3n) is 6.59. The van der Waals surface area contributed by atoms with Gasteiger partial charge in [-0.2, -0.15) is 0 Å². The van der Waals surface area contributed by atoms with Gasteiger partial charge in [0.25, 0.3) is 0 Å². The van der Waals surface area contributed by atoms with Gasteiger partial charge in [-0.15, -0.1) is 0 Å². The van der Waals surface area contributed by atoms with Gasteiger partial charge in [-0.1, -0.05) is 65.7 Å². The van der Waals surface area contributed by atoms with E-state index >= 15 is 0 Å². The number of nitrogens with one attached hydrogen (secondary N) is 1. The van der Waals surface area contributed by atoms with Crippen molar-refractivity contribution in [3.8, 4) is 0 Å². The lowest BCUT2D eigenvalue weighted by Gasteiger charge is -2.33. The summed E-state index contributed by atoms with van der Waals surface area (Å²) in [4.78, 5) is 42.4. The molecule has 0 aromatic heterocycles. The zero-order valence-corrected chi connectivity index (χ0v) is 19.6. The van der Waals surface area contributed by atoms with Gasteiger partial charge in [0.1, 0.15) is 0 Å². The number of rotatable bonds is 4. The van der Waals surface area contributed by atoms with E-state index in [4.69, 9.17) is 27.9 Å². The maximum Gasteiger partial charge on any atom is 0.331 e. The third-order valence-corrected chi connectivity index (χ3v) is 7.08. The van der Waals surface area contributed by atoms with Crippen molar-refractivity contribution in [3.63, 3.8) is 0 Å². The van der Waals surface area contributed by atoms with Crippen molar-refractivity contribution >= 4 is 46.7 Å². The first-order valence-corrected chi connectivity index (χ1v) is 11.4. The maximum atomic E-state index is 13.9. The zero-order chi connectivity index (χ0) is 24.0. The Labute approximate surface area is 206 Å². The summed E-state index contributed by atoms with van der Waals surface area (Å²) in [6.07, 6.45) is 0. The monoisotopic (exact) mass is 494 g/mol. The fraction of sp³-hybridized carbons (Fsp3) is 0.192. The molecule has 0 spiro atoms. The zero-order valence-electron chi connectivity index (χ0n) is 18.1. The van der Waals surface area contributed by atoms with Crippen LogP contribution in [0.2, 0.25) is 10.0 Å². The Morgan fingerprint density at radius 3 is 2.26 bits per heavy atom. The van der Waals surface area contributed by atoms with Gasteiger partial charge < -0.3 is 4.74 Å². The lowest BCUT2D eigenvalue weighted by Crippen LogP contribution is -2.53. The van der Waals surface area contributed by atoms with Crippen LogP contribution in [0.1, 0.15) is 17.2 Å². The number of halogens is 2. The number of benzene rings is 3. The van der Waals surface area contributed by atoms with Crippen molar-refractivity contribution in [2.45, 2.75) is 11.6 Å². The number of methoxy groups -OCH3 is 1. The van der Waals surface area contributed by atoms with E-state index in [0.717, 1.165) is 4.90 Å². The highest BCUT2D eigenvalue weighted by atomic mass is 35.5. The molecule has 0 bridgehead atoms. The molecule has 2 aliphatic rings. The summed E-state index contributed by atoms with van der Waals surface area (Å²) in [7, 11) is 1.27. The molecule has 2 saturated heterocycles. The Bertz CT molecular complexity index is 1280. The molecule has 2 amide bonds. The largest absolute Gasteiger partial charge is 0.467 e. The second-order valence-electron chi connectivity index (χ2n) is 8.33. The molecule has 2 heterocycles. The fourth-order valence-corrected chi connectivity index (χ4v) is 5.50. The summed E-state index contributed by atoms with van der Waals surface area (Å²) in [6.45, 7) is 0. The first kappa shape index (κ1) is 22.6. The van der Waals surface area contributed by atoms with E-state index in [1.807, 2.05) is 12.1 Å². The summed E-state index contributed by atoms with van der Waals surface area (Å²) >= 11 is 12.3. The summed E-state index contributed by atoms with van der Waals surface area (Å²) < 4.78 is 5.22. The standard InChI is InChI=1S/C26H20Cl2N2O4/c1-34-25(33)26(16-7-3-2-4-8-16)21-20(22(29-26)15-6-5-9-18(28)14-15)23(31)30(24(21)32)19-12-10-17(27)11-13-19/h2-14,20-22,29H,1H3/t20-,21+,22-,26-/m1/s1. The first-order chi connectivity index (χ1) is 16.4. The van der Waals surface area contributed by atoms with Crippen molar-refractivity contribution in [3.05, 3.63) is 100 Å². The minimum Gasteiger partial charge on any atom is -0.467 e. The van der Waals surface area contributed by atoms with E-state index in [2.05, 4.69) is 5.32 Å². The van der Waals surface area contributed by atoms with Gasteiger partial charge in [0.15, 0.2) is 5.54 Å². The smallest absolute Gasteiger partial charge is 0.331 e. The van der Waals surface area contributed by atoms with Crippen LogP contribution in [0.25, 0.3) is 0 Å². The number of ether oxygens (including phenoxy) is 1. The number of nitrogens with zero attached hydrogens (tertiary/aromatic N) is 1. The second-order valence-corrected chi connectivity index (χ2v) is 9.21. The molecule has 0 radical (unpaired) electrons. The normalized spacial score (nSPS) is 26.0. The van der Waals surface area contributed by atoms with Crippen molar-refractivity contribution in [2.24, 2.45) is 11.8 Å². The molecule has 3 aromatic rings. The fourth-order valence-electron chi connectivity index (χ4n) is 5.17. The lowest BCUT2D eigenvalue weighted by molar-refractivity contribution is -0.152. The molecule has 1 N–H and O–H groups in total. The molecule has 2 fully saturated rings. The molecular weight excluding hydrogens is 475 g/mol. The number of amides is 2. The van der Waals surface area contributed by atoms with Gasteiger partial charge in [0.2, 0.25) is 11.8 Å². The number of imide groups is 1. The van der Waals surface area contributed by atoms with Crippen LogP contribution in [-0.2, 0) is 24.7 Å². The number of esters is 1. The van der Waals surface area contributed by atoms with E-state index < -0.39 is 41.2 Å². The van der Waals surface area contributed by atoms with Crippen LogP contribution in [0.3, 0.4) is 0 Å². The number of carbonyl (C=O) groups is 3. The van der Waals surface area contributed by atoms with E-state index in [0.29, 0.717) is 26.9 Å². The van der Waals surface area contributed by atoms with E-state index in [9.17, 15) is 14.4 Å². The Hall–Kier alpha value is -3.19. The molecule has 2 aliphatic heterocycles. The summed E-state index contributed by atoms with van der Waals surface area (Å²) in [5, 5.41) is 4.30. The van der Waals surface area contributed by atoms with Gasteiger partial charge in [-0.05, 0) is 47.5 Å². The van der Waals surface area contributed by atoms with Gasteiger partial charge in [-0.3, -0.25) is 14.9 Å². The Balaban J connectivity index is 1.73. The Morgan fingerprint density at radius 1 is 0.912 bits per heavy atom. The number of fused-ring (bicyclic) bond motifs is 1. The Kier molecular flexibility index (Phi) is 5.68. The lowest BCUT2D eigenvalue weighted by atomic mass is 9.75. The Morgan fingerprint density at radius 2 is 1.62 bits per heavy atom. The van der Waals surface area contributed by atoms with Crippen LogP contribution >= 0.6 is 23.2 Å². The summed E-state index contributed by atoms with van der Waals surface area (Å²) in [5.41, 5.74) is 0.0657. The van der Waals surface area contributed by atoms with Crippen LogP contribution in [0, 0.1) is 11.8 Å². The van der Waals surface area contributed by atoms with Crippen LogP contribution < -0.4 is 10.2 Å². The average Bonchev–Trinajstić information content (AvgIpc) is 3.34. The number of hydrogen-bond donors (Lipinski definition) is 1. The maximum absolute atomic E-state index is 13.9. The quantitative estimate of drug-likeness (QED) is 0.426. The molecule has 4 atom stereocenters. The SMILES string of the molecule is COC(=O)[C@]1(c2ccccc2)N[C@H](c2cccc(Cl)c2)[C@@H]2C(=O)N(c3ccc(Cl)cc3)C(=O)[C@H]21. The molecule has 8 heteroatoms. The second kappa shape index (κ2) is 8.55. The van der Waals surface area contributed by atoms with Crippen LogP contribution in [0.15, 0.2) is 78.9 Å². The summed E-state index contributed by atoms with van der Waals surface area (Å²) in [5.74, 6) is -3.42. The highest BCUT2D eigenvalue weighted by Gasteiger charge is 2.69. The molecular formula is C26H20Cl2N2O4. The average molecular weight is 495 g/mol. The van der Waals surface area contributed by atoms with E-state index in [1.165, 1.54) is 7.11 Å². The van der Waals surface area contributed by atoms with Gasteiger partial charge in [-0.25, -0.2) is 9.69 Å². The molecule has 0 aliphatic carbocycles. The first-order valence-electron chi connectivity index (χ1n) is 10.7. The molecule has 0 saturated carbocycles. The van der Waals surface area contributed by atoms with Gasteiger partial charge in [0, 0.05) is 16.1 Å². The van der Waals surface area contributed by atoms with Gasteiger partial charge in [0.05, 0.1) is 24.6 Å². The van der Waals surface area contributed by atoms with Crippen molar-refractivity contribution in [1.29, 1.82) is 0 Å². The van der Waals surface area contributed by atoms with Crippen LogP contribution in [-0.4, -0.2) is 24.9 Å². The molecule has 0 unspecified atom stereocenters.